The molecule has 0 saturated carbocycles. The Balaban J connectivity index is 0.000000603. The maximum absolute atomic E-state index is 9.19. The molecule has 296 valence electrons. The molecule has 0 aliphatic rings. The largest absolute Gasteiger partial charge is 0.698 e. The minimum atomic E-state index is -3.67. The maximum Gasteiger partial charge on any atom is 0.261 e. The summed E-state index contributed by atoms with van der Waals surface area (Å²) in [6.45, 7) is 28.1. The smallest absolute Gasteiger partial charge is 0.261 e. The van der Waals surface area contributed by atoms with Crippen LogP contribution in [0, 0.1) is 0 Å². The summed E-state index contributed by atoms with van der Waals surface area (Å²) in [5, 5.41) is 1.52. The molecule has 0 radical (unpaired) electrons. The summed E-state index contributed by atoms with van der Waals surface area (Å²) in [4.78, 5) is 0. The van der Waals surface area contributed by atoms with E-state index in [0.717, 1.165) is 22.6 Å². The molecule has 0 heterocycles. The van der Waals surface area contributed by atoms with Crippen molar-refractivity contribution >= 4 is 29.0 Å². The predicted molar refractivity (Wildman–Crippen MR) is 227 cm³/mol. The predicted octanol–water partition coefficient (Wildman–Crippen LogP) is 13.0. The Morgan fingerprint density at radius 1 is 0.660 bits per heavy atom. The summed E-state index contributed by atoms with van der Waals surface area (Å²) in [5.74, 6) is 3.19. The van der Waals surface area contributed by atoms with E-state index in [9.17, 15) is 8.42 Å². The normalized spacial score (nSPS) is 11.8. The Morgan fingerprint density at radius 3 is 1.45 bits per heavy atom. The number of nitrogens with one attached hydrogen (secondary N) is 1. The Bertz CT molecular complexity index is 1810. The average Bonchev–Trinajstić information content (AvgIpc) is 3.02. The van der Waals surface area contributed by atoms with E-state index in [0.29, 0.717) is 29.7 Å². The second kappa shape index (κ2) is 20.3. The maximum atomic E-state index is 9.19. The van der Waals surface area contributed by atoms with Crippen molar-refractivity contribution in [3.8, 4) is 33.8 Å². The van der Waals surface area contributed by atoms with Gasteiger partial charge in [-0.25, -0.2) is 0 Å². The van der Waals surface area contributed by atoms with Gasteiger partial charge < -0.3 is 15.2 Å². The van der Waals surface area contributed by atoms with E-state index in [1.807, 2.05) is 61.7 Å². The first-order chi connectivity index (χ1) is 23.9. The molecule has 0 amide bonds. The average molecular weight is 855 g/mol. The van der Waals surface area contributed by atoms with E-state index < -0.39 is 18.0 Å². The number of rotatable bonds is 8. The fraction of sp³-hybridized carbons (Fsp3) is 0.455. The van der Waals surface area contributed by atoms with Crippen LogP contribution in [0.15, 0.2) is 78.9 Å². The fourth-order valence-corrected chi connectivity index (χ4v) is 10.8. The summed E-state index contributed by atoms with van der Waals surface area (Å²) in [6.07, 6.45) is 0.715. The minimum absolute atomic E-state index is 0. The molecule has 0 bridgehead atoms. The van der Waals surface area contributed by atoms with Crippen molar-refractivity contribution < 1.29 is 42.9 Å². The van der Waals surface area contributed by atoms with Gasteiger partial charge in [0.2, 0.25) is 0 Å². The van der Waals surface area contributed by atoms with Gasteiger partial charge in [0.25, 0.3) is 10.1 Å². The molecule has 4 aromatic carbocycles. The zero-order valence-electron chi connectivity index (χ0n) is 34.5. The van der Waals surface area contributed by atoms with Crippen LogP contribution in [0.2, 0.25) is 0 Å². The summed E-state index contributed by atoms with van der Waals surface area (Å²) >= 11 is 0. The van der Waals surface area contributed by atoms with E-state index in [4.69, 9.17) is 19.8 Å². The molecule has 0 spiro atoms. The van der Waals surface area contributed by atoms with E-state index >= 15 is 0 Å². The molecule has 4 rings (SSSR count). The molecule has 4 aromatic rings. The fourth-order valence-electron chi connectivity index (χ4n) is 6.63. The molecule has 0 unspecified atom stereocenters. The SMILES string of the molecule is COc1ccc(OC)c(P(C(C)(C)C)C(C)(C)C)c1-c1c(C(C)C)cc(C(C)C)cc1C(C)C.CS(=O)(=O)O.[NH-]c1ccccc1-c1ccccc1.[Pd]. The molecular weight excluding hydrogens is 792 g/mol. The quantitative estimate of drug-likeness (QED) is 0.108. The number of hydrogen-bond donors (Lipinski definition) is 1. The van der Waals surface area contributed by atoms with E-state index in [1.54, 1.807) is 7.11 Å². The number of ether oxygens (including phenoxy) is 2. The second-order valence-electron chi connectivity index (χ2n) is 16.1. The summed E-state index contributed by atoms with van der Waals surface area (Å²) in [5.41, 5.74) is 17.2. The molecule has 0 atom stereocenters. The van der Waals surface area contributed by atoms with Crippen LogP contribution in [0.1, 0.15) is 118 Å². The molecular formula is C44H63NO5PPdS-. The molecule has 0 saturated heterocycles. The number of hydrogen-bond acceptors (Lipinski definition) is 4. The first-order valence-corrected chi connectivity index (χ1v) is 21.1. The van der Waals surface area contributed by atoms with Gasteiger partial charge in [0, 0.05) is 31.3 Å². The first kappa shape index (κ1) is 48.3. The first-order valence-electron chi connectivity index (χ1n) is 18.0. The Labute approximate surface area is 336 Å². The molecule has 2 N–H and O–H groups in total. The van der Waals surface area contributed by atoms with Crippen molar-refractivity contribution in [3.05, 3.63) is 101 Å². The Morgan fingerprint density at radius 2 is 1.08 bits per heavy atom. The van der Waals surface area contributed by atoms with Crippen LogP contribution < -0.4 is 14.8 Å². The third-order valence-electron chi connectivity index (χ3n) is 8.50. The van der Waals surface area contributed by atoms with Crippen LogP contribution in [0.25, 0.3) is 28.0 Å². The van der Waals surface area contributed by atoms with E-state index in [1.165, 1.54) is 33.1 Å². The van der Waals surface area contributed by atoms with Crippen LogP contribution >= 0.6 is 7.92 Å². The number of methoxy groups -OCH3 is 2. The zero-order valence-corrected chi connectivity index (χ0v) is 37.8. The van der Waals surface area contributed by atoms with Gasteiger partial charge in [-0.1, -0.05) is 158 Å². The van der Waals surface area contributed by atoms with Gasteiger partial charge in [0.05, 0.1) is 20.5 Å². The molecule has 0 aromatic heterocycles. The monoisotopic (exact) mass is 854 g/mol. The summed E-state index contributed by atoms with van der Waals surface area (Å²) < 4.78 is 38.1. The van der Waals surface area contributed by atoms with Crippen molar-refractivity contribution in [2.45, 2.75) is 111 Å². The van der Waals surface area contributed by atoms with Gasteiger partial charge in [-0.3, -0.25) is 4.55 Å². The van der Waals surface area contributed by atoms with Crippen molar-refractivity contribution in [2.24, 2.45) is 0 Å². The van der Waals surface area contributed by atoms with E-state index in [2.05, 4.69) is 107 Å². The van der Waals surface area contributed by atoms with Crippen molar-refractivity contribution in [3.63, 3.8) is 0 Å². The third-order valence-corrected chi connectivity index (χ3v) is 12.1. The molecule has 6 nitrogen and oxygen atoms in total. The van der Waals surface area contributed by atoms with Gasteiger partial charge in [0.1, 0.15) is 11.5 Å². The van der Waals surface area contributed by atoms with Crippen molar-refractivity contribution in [1.29, 1.82) is 0 Å². The van der Waals surface area contributed by atoms with E-state index in [-0.39, 0.29) is 30.7 Å². The van der Waals surface area contributed by atoms with Gasteiger partial charge in [-0.05, 0) is 73.6 Å². The van der Waals surface area contributed by atoms with Gasteiger partial charge >= 0.3 is 0 Å². The van der Waals surface area contributed by atoms with Crippen LogP contribution in [0.5, 0.6) is 11.5 Å². The molecule has 0 aliphatic carbocycles. The standard InChI is InChI=1S/C31H49O2P.C12H10N.CH4O3S.Pd/c1-19(2)22-17-23(20(3)4)27(24(18-22)21(5)6)28-25(32-13)15-16-26(33-14)29(28)34(30(7,8)9)31(10,11)12;13-12-9-5-4-8-11(12)10-6-2-1-3-7-10;1-5(2,3)4;/h15-21H,1-14H3;1-9,13H;1H3,(H,2,3,4);/q;-1;;. The van der Waals surface area contributed by atoms with Crippen molar-refractivity contribution in [2.75, 3.05) is 20.5 Å². The second-order valence-corrected chi connectivity index (χ2v) is 21.3. The summed E-state index contributed by atoms with van der Waals surface area (Å²) in [6, 6.07) is 26.7. The van der Waals surface area contributed by atoms with Gasteiger partial charge in [-0.2, -0.15) is 8.42 Å². The Kier molecular flexibility index (Phi) is 18.5. The van der Waals surface area contributed by atoms with Gasteiger partial charge in [0.15, 0.2) is 0 Å². The molecule has 0 fully saturated rings. The van der Waals surface area contributed by atoms with Crippen LogP contribution in [-0.4, -0.2) is 43.8 Å². The van der Waals surface area contributed by atoms with Gasteiger partial charge in [-0.15, -0.1) is 5.69 Å². The zero-order chi connectivity index (χ0) is 39.8. The van der Waals surface area contributed by atoms with Crippen molar-refractivity contribution in [1.82, 2.24) is 0 Å². The topological polar surface area (TPSA) is 96.6 Å². The van der Waals surface area contributed by atoms with Crippen LogP contribution in [0.3, 0.4) is 0 Å². The van der Waals surface area contributed by atoms with Crippen LogP contribution in [-0.2, 0) is 30.5 Å². The number of benzene rings is 4. The Hall–Kier alpha value is -2.72. The minimum Gasteiger partial charge on any atom is -0.698 e. The molecule has 53 heavy (non-hydrogen) atoms. The molecule has 9 heteroatoms. The third kappa shape index (κ3) is 13.8. The molecule has 0 aliphatic heterocycles. The van der Waals surface area contributed by atoms with Crippen LogP contribution in [0.4, 0.5) is 5.69 Å². The summed E-state index contributed by atoms with van der Waals surface area (Å²) in [7, 11) is -0.674.